The maximum atomic E-state index is 8.78. The normalized spacial score (nSPS) is 15.7. The fourth-order valence-electron chi connectivity index (χ4n) is 2.72. The molecule has 0 atom stereocenters. The largest absolute Gasteiger partial charge is 0.395 e. The second-order valence-corrected chi connectivity index (χ2v) is 5.25. The van der Waals surface area contributed by atoms with E-state index < -0.39 is 0 Å². The lowest BCUT2D eigenvalue weighted by molar-refractivity contribution is 0.311. The number of aromatic amines is 1. The number of aliphatic hydroxyl groups is 1. The first kappa shape index (κ1) is 13.1. The van der Waals surface area contributed by atoms with Crippen LogP contribution in [0.3, 0.4) is 0 Å². The number of H-pyrrole nitrogens is 1. The highest BCUT2D eigenvalue weighted by Crippen LogP contribution is 2.32. The van der Waals surface area contributed by atoms with Gasteiger partial charge in [-0.1, -0.05) is 12.8 Å². The third-order valence-corrected chi connectivity index (χ3v) is 3.83. The van der Waals surface area contributed by atoms with Crippen molar-refractivity contribution in [1.82, 2.24) is 15.2 Å². The number of rotatable bonds is 5. The summed E-state index contributed by atoms with van der Waals surface area (Å²) in [6, 6.07) is 7.97. The maximum Gasteiger partial charge on any atom is 0.181 e. The van der Waals surface area contributed by atoms with Crippen LogP contribution in [-0.4, -0.2) is 33.4 Å². The molecule has 0 amide bonds. The van der Waals surface area contributed by atoms with Crippen molar-refractivity contribution in [3.05, 3.63) is 30.1 Å². The van der Waals surface area contributed by atoms with Gasteiger partial charge in [-0.3, -0.25) is 5.10 Å². The number of hydrogen-bond acceptors (Lipinski definition) is 4. The topological polar surface area (TPSA) is 73.8 Å². The Kier molecular flexibility index (Phi) is 3.97. The first-order chi connectivity index (χ1) is 9.86. The summed E-state index contributed by atoms with van der Waals surface area (Å²) in [4.78, 5) is 4.63. The lowest BCUT2D eigenvalue weighted by atomic mass is 10.1. The van der Waals surface area contributed by atoms with Crippen LogP contribution in [0.5, 0.6) is 0 Å². The minimum atomic E-state index is 0.132. The van der Waals surface area contributed by atoms with Gasteiger partial charge >= 0.3 is 0 Å². The highest BCUT2D eigenvalue weighted by atomic mass is 16.3. The van der Waals surface area contributed by atoms with Crippen molar-refractivity contribution in [2.24, 2.45) is 0 Å². The van der Waals surface area contributed by atoms with E-state index in [-0.39, 0.29) is 6.61 Å². The first-order valence-electron chi connectivity index (χ1n) is 7.24. The van der Waals surface area contributed by atoms with Gasteiger partial charge in [0.1, 0.15) is 5.82 Å². The molecular weight excluding hydrogens is 252 g/mol. The average molecular weight is 272 g/mol. The molecule has 0 radical (unpaired) electrons. The molecule has 1 aromatic carbocycles. The summed E-state index contributed by atoms with van der Waals surface area (Å²) >= 11 is 0. The van der Waals surface area contributed by atoms with Crippen molar-refractivity contribution in [2.45, 2.75) is 31.6 Å². The molecule has 5 heteroatoms. The molecular formula is C15H20N4O. The predicted molar refractivity (Wildman–Crippen MR) is 78.6 cm³/mol. The number of nitrogens with zero attached hydrogens (tertiary/aromatic N) is 2. The zero-order chi connectivity index (χ0) is 13.8. The summed E-state index contributed by atoms with van der Waals surface area (Å²) in [6.45, 7) is 0.694. The Morgan fingerprint density at radius 3 is 2.65 bits per heavy atom. The molecule has 1 heterocycles. The molecule has 20 heavy (non-hydrogen) atoms. The van der Waals surface area contributed by atoms with Crippen LogP contribution in [0, 0.1) is 0 Å². The summed E-state index contributed by atoms with van der Waals surface area (Å²) in [5.74, 6) is 2.35. The van der Waals surface area contributed by atoms with E-state index in [0.717, 1.165) is 22.9 Å². The van der Waals surface area contributed by atoms with Crippen LogP contribution in [0.25, 0.3) is 11.4 Å². The Labute approximate surface area is 118 Å². The number of nitrogens with one attached hydrogen (secondary N) is 2. The van der Waals surface area contributed by atoms with E-state index in [9.17, 15) is 0 Å². The van der Waals surface area contributed by atoms with E-state index in [4.69, 9.17) is 5.11 Å². The molecule has 1 aliphatic carbocycles. The van der Waals surface area contributed by atoms with Gasteiger partial charge in [0.25, 0.3) is 0 Å². The Bertz CT molecular complexity index is 543. The van der Waals surface area contributed by atoms with Crippen LogP contribution >= 0.6 is 0 Å². The second kappa shape index (κ2) is 6.05. The monoisotopic (exact) mass is 272 g/mol. The van der Waals surface area contributed by atoms with E-state index >= 15 is 0 Å². The third-order valence-electron chi connectivity index (χ3n) is 3.83. The predicted octanol–water partition coefficient (Wildman–Crippen LogP) is 2.53. The maximum absolute atomic E-state index is 8.78. The van der Waals surface area contributed by atoms with Gasteiger partial charge in [-0.25, -0.2) is 4.98 Å². The summed E-state index contributed by atoms with van der Waals surface area (Å²) in [5, 5.41) is 19.3. The van der Waals surface area contributed by atoms with E-state index in [2.05, 4.69) is 20.5 Å². The quantitative estimate of drug-likeness (QED) is 0.782. The Morgan fingerprint density at radius 1 is 1.20 bits per heavy atom. The minimum absolute atomic E-state index is 0.132. The zero-order valence-corrected chi connectivity index (χ0v) is 11.5. The number of aromatic nitrogens is 3. The van der Waals surface area contributed by atoms with Gasteiger partial charge in [0.2, 0.25) is 0 Å². The van der Waals surface area contributed by atoms with Crippen molar-refractivity contribution in [3.63, 3.8) is 0 Å². The van der Waals surface area contributed by atoms with Crippen LogP contribution in [0.15, 0.2) is 24.3 Å². The summed E-state index contributed by atoms with van der Waals surface area (Å²) in [5.41, 5.74) is 2.01. The second-order valence-electron chi connectivity index (χ2n) is 5.25. The molecule has 0 spiro atoms. The highest BCUT2D eigenvalue weighted by molar-refractivity contribution is 5.59. The van der Waals surface area contributed by atoms with Gasteiger partial charge in [-0.05, 0) is 37.1 Å². The molecule has 1 aromatic heterocycles. The van der Waals surface area contributed by atoms with Crippen LogP contribution in [-0.2, 0) is 0 Å². The molecule has 0 saturated heterocycles. The van der Waals surface area contributed by atoms with Gasteiger partial charge in [-0.15, -0.1) is 0 Å². The van der Waals surface area contributed by atoms with Crippen LogP contribution in [0.4, 0.5) is 5.69 Å². The number of hydrogen-bond donors (Lipinski definition) is 3. The van der Waals surface area contributed by atoms with E-state index in [1.54, 1.807) is 0 Å². The van der Waals surface area contributed by atoms with E-state index in [0.29, 0.717) is 12.5 Å². The van der Waals surface area contributed by atoms with E-state index in [1.807, 2.05) is 24.3 Å². The molecule has 0 unspecified atom stereocenters. The van der Waals surface area contributed by atoms with Gasteiger partial charge < -0.3 is 10.4 Å². The van der Waals surface area contributed by atoms with Gasteiger partial charge in [0, 0.05) is 23.7 Å². The zero-order valence-electron chi connectivity index (χ0n) is 11.5. The highest BCUT2D eigenvalue weighted by Gasteiger charge is 2.20. The van der Waals surface area contributed by atoms with Crippen LogP contribution < -0.4 is 5.32 Å². The Morgan fingerprint density at radius 2 is 1.95 bits per heavy atom. The summed E-state index contributed by atoms with van der Waals surface area (Å²) in [7, 11) is 0. The standard InChI is InChI=1S/C15H20N4O/c20-10-9-16-13-7-5-12(6-8-13)15-17-14(18-19-15)11-3-1-2-4-11/h5-8,11,16,20H,1-4,9-10H2,(H,17,18,19). The Hall–Kier alpha value is -1.88. The van der Waals surface area contributed by atoms with Crippen molar-refractivity contribution >= 4 is 5.69 Å². The lowest BCUT2D eigenvalue weighted by Crippen LogP contribution is -2.04. The number of benzene rings is 1. The molecule has 0 aliphatic heterocycles. The van der Waals surface area contributed by atoms with Gasteiger partial charge in [-0.2, -0.15) is 5.10 Å². The smallest absolute Gasteiger partial charge is 0.181 e. The lowest BCUT2D eigenvalue weighted by Gasteiger charge is -2.04. The first-order valence-corrected chi connectivity index (χ1v) is 7.24. The van der Waals surface area contributed by atoms with Gasteiger partial charge in [0.15, 0.2) is 5.82 Å². The summed E-state index contributed by atoms with van der Waals surface area (Å²) < 4.78 is 0. The van der Waals surface area contributed by atoms with Crippen LogP contribution in [0.2, 0.25) is 0 Å². The number of aliphatic hydroxyl groups excluding tert-OH is 1. The molecule has 3 rings (SSSR count). The molecule has 1 aliphatic rings. The molecule has 1 saturated carbocycles. The molecule has 5 nitrogen and oxygen atoms in total. The molecule has 0 bridgehead atoms. The Balaban J connectivity index is 1.72. The molecule has 3 N–H and O–H groups in total. The van der Waals surface area contributed by atoms with Crippen molar-refractivity contribution < 1.29 is 5.11 Å². The fourth-order valence-corrected chi connectivity index (χ4v) is 2.72. The third kappa shape index (κ3) is 2.82. The number of anilines is 1. The molecule has 2 aromatic rings. The van der Waals surface area contributed by atoms with Crippen molar-refractivity contribution in [3.8, 4) is 11.4 Å². The van der Waals surface area contributed by atoms with Gasteiger partial charge in [0.05, 0.1) is 6.61 Å². The van der Waals surface area contributed by atoms with Crippen molar-refractivity contribution in [2.75, 3.05) is 18.5 Å². The average Bonchev–Trinajstić information content (AvgIpc) is 3.16. The fraction of sp³-hybridized carbons (Fsp3) is 0.467. The minimum Gasteiger partial charge on any atom is -0.395 e. The van der Waals surface area contributed by atoms with Crippen molar-refractivity contribution in [1.29, 1.82) is 0 Å². The van der Waals surface area contributed by atoms with E-state index in [1.165, 1.54) is 25.7 Å². The SMILES string of the molecule is OCCNc1ccc(-c2n[nH]c(C3CCCC3)n2)cc1. The molecule has 106 valence electrons. The summed E-state index contributed by atoms with van der Waals surface area (Å²) in [6.07, 6.45) is 5.04. The molecule has 1 fully saturated rings. The van der Waals surface area contributed by atoms with Crippen LogP contribution in [0.1, 0.15) is 37.4 Å².